The number of piperazine rings is 1. The quantitative estimate of drug-likeness (QED) is 0.941. The van der Waals surface area contributed by atoms with E-state index in [4.69, 9.17) is 17.3 Å². The van der Waals surface area contributed by atoms with E-state index < -0.39 is 0 Å². The van der Waals surface area contributed by atoms with E-state index in [2.05, 4.69) is 25.5 Å². The standard InChI is InChI=1S/C13H16ClN5S/c14-10-3-1-2-4-12(10)19-7-5-18(6-8-19)9-11-13(15)20-17-16-11/h1-4H,5-9,15H2. The van der Waals surface area contributed by atoms with Crippen molar-refractivity contribution in [3.8, 4) is 0 Å². The van der Waals surface area contributed by atoms with E-state index in [9.17, 15) is 0 Å². The zero-order valence-electron chi connectivity index (χ0n) is 11.0. The average Bonchev–Trinajstić information content (AvgIpc) is 2.86. The summed E-state index contributed by atoms with van der Waals surface area (Å²) in [5.74, 6) is 0. The summed E-state index contributed by atoms with van der Waals surface area (Å²) in [6, 6.07) is 7.99. The van der Waals surface area contributed by atoms with Gasteiger partial charge in [0.05, 0.1) is 10.7 Å². The number of benzene rings is 1. The van der Waals surface area contributed by atoms with E-state index >= 15 is 0 Å². The second kappa shape index (κ2) is 5.95. The lowest BCUT2D eigenvalue weighted by Gasteiger charge is -2.36. The van der Waals surface area contributed by atoms with Crippen molar-refractivity contribution < 1.29 is 0 Å². The molecule has 0 amide bonds. The lowest BCUT2D eigenvalue weighted by atomic mass is 10.2. The molecule has 0 spiro atoms. The van der Waals surface area contributed by atoms with Crippen LogP contribution >= 0.6 is 23.1 Å². The largest absolute Gasteiger partial charge is 0.388 e. The van der Waals surface area contributed by atoms with Gasteiger partial charge in [0.25, 0.3) is 0 Å². The van der Waals surface area contributed by atoms with Gasteiger partial charge < -0.3 is 10.6 Å². The Kier molecular flexibility index (Phi) is 4.05. The molecule has 2 heterocycles. The Labute approximate surface area is 127 Å². The van der Waals surface area contributed by atoms with Gasteiger partial charge >= 0.3 is 0 Å². The fourth-order valence-corrected chi connectivity index (χ4v) is 3.09. The van der Waals surface area contributed by atoms with Crippen LogP contribution in [0.4, 0.5) is 10.7 Å². The highest BCUT2D eigenvalue weighted by molar-refractivity contribution is 7.09. The lowest BCUT2D eigenvalue weighted by Crippen LogP contribution is -2.46. The van der Waals surface area contributed by atoms with Crippen molar-refractivity contribution in [2.45, 2.75) is 6.54 Å². The first kappa shape index (κ1) is 13.6. The molecular weight excluding hydrogens is 294 g/mol. The fraction of sp³-hybridized carbons (Fsp3) is 0.385. The van der Waals surface area contributed by atoms with E-state index in [1.165, 1.54) is 11.5 Å². The molecule has 0 aliphatic carbocycles. The lowest BCUT2D eigenvalue weighted by molar-refractivity contribution is 0.247. The summed E-state index contributed by atoms with van der Waals surface area (Å²) in [5.41, 5.74) is 7.84. The van der Waals surface area contributed by atoms with Crippen molar-refractivity contribution in [3.05, 3.63) is 35.0 Å². The molecular formula is C13H16ClN5S. The number of rotatable bonds is 3. The van der Waals surface area contributed by atoms with Crippen LogP contribution in [0.1, 0.15) is 5.69 Å². The number of para-hydroxylation sites is 1. The molecule has 0 unspecified atom stereocenters. The molecule has 1 aromatic heterocycles. The second-order valence-electron chi connectivity index (χ2n) is 4.80. The molecule has 1 aliphatic rings. The number of nitrogen functional groups attached to an aromatic ring is 1. The fourth-order valence-electron chi connectivity index (χ4n) is 2.39. The summed E-state index contributed by atoms with van der Waals surface area (Å²) < 4.78 is 3.87. The van der Waals surface area contributed by atoms with Gasteiger partial charge in [0.15, 0.2) is 0 Å². The minimum atomic E-state index is 0.721. The first-order valence-electron chi connectivity index (χ1n) is 6.52. The molecule has 1 fully saturated rings. The number of aromatic nitrogens is 2. The summed E-state index contributed by atoms with van der Waals surface area (Å²) in [4.78, 5) is 4.67. The first-order chi connectivity index (χ1) is 9.74. The third-order valence-corrected chi connectivity index (χ3v) is 4.44. The summed E-state index contributed by atoms with van der Waals surface area (Å²) >= 11 is 7.50. The molecule has 0 radical (unpaired) electrons. The van der Waals surface area contributed by atoms with Crippen molar-refractivity contribution in [1.29, 1.82) is 0 Å². The van der Waals surface area contributed by atoms with Gasteiger partial charge in [-0.05, 0) is 12.1 Å². The monoisotopic (exact) mass is 309 g/mol. The molecule has 0 atom stereocenters. The third kappa shape index (κ3) is 2.87. The highest BCUT2D eigenvalue weighted by atomic mass is 35.5. The maximum absolute atomic E-state index is 6.24. The van der Waals surface area contributed by atoms with Crippen LogP contribution in [0.3, 0.4) is 0 Å². The molecule has 2 aromatic rings. The maximum atomic E-state index is 6.24. The van der Waals surface area contributed by atoms with E-state index in [0.29, 0.717) is 0 Å². The molecule has 1 aromatic carbocycles. The van der Waals surface area contributed by atoms with Gasteiger partial charge in [0.1, 0.15) is 10.7 Å². The first-order valence-corrected chi connectivity index (χ1v) is 7.67. The molecule has 0 bridgehead atoms. The highest BCUT2D eigenvalue weighted by Gasteiger charge is 2.20. The summed E-state index contributed by atoms with van der Waals surface area (Å²) in [5, 5.41) is 5.60. The van der Waals surface area contributed by atoms with Crippen molar-refractivity contribution in [3.63, 3.8) is 0 Å². The van der Waals surface area contributed by atoms with Crippen LogP contribution in [0.25, 0.3) is 0 Å². The number of anilines is 2. The van der Waals surface area contributed by atoms with Crippen LogP contribution in [0, 0.1) is 0 Å². The second-order valence-corrected chi connectivity index (χ2v) is 5.99. The van der Waals surface area contributed by atoms with Crippen molar-refractivity contribution in [2.24, 2.45) is 0 Å². The van der Waals surface area contributed by atoms with Gasteiger partial charge in [-0.1, -0.05) is 28.2 Å². The Bertz CT molecular complexity index is 580. The Morgan fingerprint density at radius 1 is 1.20 bits per heavy atom. The average molecular weight is 310 g/mol. The SMILES string of the molecule is Nc1snnc1CN1CCN(c2ccccc2Cl)CC1. The van der Waals surface area contributed by atoms with E-state index in [-0.39, 0.29) is 0 Å². The molecule has 106 valence electrons. The summed E-state index contributed by atoms with van der Waals surface area (Å²) in [6.07, 6.45) is 0. The van der Waals surface area contributed by atoms with Crippen molar-refractivity contribution in [1.82, 2.24) is 14.5 Å². The molecule has 20 heavy (non-hydrogen) atoms. The van der Waals surface area contributed by atoms with Crippen LogP contribution in [-0.4, -0.2) is 40.7 Å². The molecule has 7 heteroatoms. The van der Waals surface area contributed by atoms with Crippen molar-refractivity contribution in [2.75, 3.05) is 36.8 Å². The molecule has 0 saturated carbocycles. The highest BCUT2D eigenvalue weighted by Crippen LogP contribution is 2.26. The molecule has 5 nitrogen and oxygen atoms in total. The minimum Gasteiger partial charge on any atom is -0.388 e. The van der Waals surface area contributed by atoms with Crippen LogP contribution in [0.2, 0.25) is 5.02 Å². The Balaban J connectivity index is 1.60. The smallest absolute Gasteiger partial charge is 0.132 e. The van der Waals surface area contributed by atoms with E-state index in [0.717, 1.165) is 54.1 Å². The Morgan fingerprint density at radius 3 is 2.60 bits per heavy atom. The Morgan fingerprint density at radius 2 is 1.95 bits per heavy atom. The number of nitrogens with zero attached hydrogens (tertiary/aromatic N) is 4. The molecule has 2 N–H and O–H groups in total. The normalized spacial score (nSPS) is 16.6. The molecule has 1 aliphatic heterocycles. The third-order valence-electron chi connectivity index (χ3n) is 3.52. The Hall–Kier alpha value is -1.37. The van der Waals surface area contributed by atoms with E-state index in [1.54, 1.807) is 0 Å². The van der Waals surface area contributed by atoms with Gasteiger partial charge in [-0.25, -0.2) is 0 Å². The van der Waals surface area contributed by atoms with Crippen molar-refractivity contribution >= 4 is 33.8 Å². The predicted molar refractivity (Wildman–Crippen MR) is 83.3 cm³/mol. The molecule has 3 rings (SSSR count). The number of hydrogen-bond donors (Lipinski definition) is 1. The van der Waals surface area contributed by atoms with Crippen LogP contribution in [-0.2, 0) is 6.54 Å². The van der Waals surface area contributed by atoms with Gasteiger partial charge in [-0.2, -0.15) is 0 Å². The number of halogens is 1. The summed E-state index contributed by atoms with van der Waals surface area (Å²) in [6.45, 7) is 4.64. The maximum Gasteiger partial charge on any atom is 0.132 e. The summed E-state index contributed by atoms with van der Waals surface area (Å²) in [7, 11) is 0. The van der Waals surface area contributed by atoms with Crippen LogP contribution in [0.15, 0.2) is 24.3 Å². The number of hydrogen-bond acceptors (Lipinski definition) is 6. The zero-order valence-corrected chi connectivity index (χ0v) is 12.6. The van der Waals surface area contributed by atoms with Gasteiger partial charge in [0.2, 0.25) is 0 Å². The van der Waals surface area contributed by atoms with Crippen LogP contribution in [0.5, 0.6) is 0 Å². The number of nitrogens with two attached hydrogens (primary N) is 1. The van der Waals surface area contributed by atoms with E-state index in [1.807, 2.05) is 18.2 Å². The molecule has 1 saturated heterocycles. The zero-order chi connectivity index (χ0) is 13.9. The minimum absolute atomic E-state index is 0.721. The predicted octanol–water partition coefficient (Wildman–Crippen LogP) is 2.10. The topological polar surface area (TPSA) is 58.3 Å². The van der Waals surface area contributed by atoms with Crippen LogP contribution < -0.4 is 10.6 Å². The van der Waals surface area contributed by atoms with Gasteiger partial charge in [-0.3, -0.25) is 4.90 Å². The van der Waals surface area contributed by atoms with Gasteiger partial charge in [0, 0.05) is 44.3 Å². The van der Waals surface area contributed by atoms with Gasteiger partial charge in [-0.15, -0.1) is 5.10 Å².